The van der Waals surface area contributed by atoms with E-state index >= 15 is 0 Å². The smallest absolute Gasteiger partial charge is 0.229 e. The van der Waals surface area contributed by atoms with Gasteiger partial charge in [0, 0.05) is 24.0 Å². The number of hydrogen-bond acceptors (Lipinski definition) is 4. The first-order valence-electron chi connectivity index (χ1n) is 5.93. The van der Waals surface area contributed by atoms with E-state index in [4.69, 9.17) is 10.5 Å². The Bertz CT molecular complexity index is 432. The number of fused-ring (bicyclic) bond motifs is 1. The molecule has 0 radical (unpaired) electrons. The molecule has 1 saturated heterocycles. The molecule has 4 nitrogen and oxygen atoms in total. The van der Waals surface area contributed by atoms with Gasteiger partial charge in [0.15, 0.2) is 0 Å². The molecule has 5 heteroatoms. The maximum atomic E-state index is 12.3. The first-order valence-corrected chi connectivity index (χ1v) is 6.81. The van der Waals surface area contributed by atoms with Crippen LogP contribution in [0, 0.1) is 5.92 Å². The normalized spacial score (nSPS) is 28.2. The zero-order chi connectivity index (χ0) is 11.8. The number of nitrogens with two attached hydrogens (primary N) is 1. The van der Waals surface area contributed by atoms with Crippen LogP contribution in [0.1, 0.15) is 10.4 Å². The highest BCUT2D eigenvalue weighted by Gasteiger charge is 2.35. The Kier molecular flexibility index (Phi) is 2.90. The second-order valence-corrected chi connectivity index (χ2v) is 5.69. The van der Waals surface area contributed by atoms with Crippen LogP contribution in [0.25, 0.3) is 0 Å². The van der Waals surface area contributed by atoms with E-state index in [1.165, 1.54) is 10.4 Å². The van der Waals surface area contributed by atoms with E-state index in [1.807, 2.05) is 4.90 Å². The van der Waals surface area contributed by atoms with Gasteiger partial charge in [-0.05, 0) is 23.4 Å². The van der Waals surface area contributed by atoms with Gasteiger partial charge in [0.2, 0.25) is 5.91 Å². The van der Waals surface area contributed by atoms with Gasteiger partial charge in [-0.2, -0.15) is 0 Å². The summed E-state index contributed by atoms with van der Waals surface area (Å²) in [6, 6.07) is 1.98. The Morgan fingerprint density at radius 1 is 1.53 bits per heavy atom. The van der Waals surface area contributed by atoms with E-state index in [1.54, 1.807) is 11.3 Å². The topological polar surface area (TPSA) is 55.6 Å². The molecule has 0 aromatic carbocycles. The van der Waals surface area contributed by atoms with Crippen molar-refractivity contribution in [1.29, 1.82) is 0 Å². The molecule has 1 aromatic rings. The lowest BCUT2D eigenvalue weighted by atomic mass is 10.0. The summed E-state index contributed by atoms with van der Waals surface area (Å²) in [6.45, 7) is 2.54. The zero-order valence-electron chi connectivity index (χ0n) is 9.59. The summed E-state index contributed by atoms with van der Waals surface area (Å²) in [5.74, 6) is 0.0158. The molecule has 3 heterocycles. The lowest BCUT2D eigenvalue weighted by Gasteiger charge is -2.29. The second kappa shape index (κ2) is 4.40. The van der Waals surface area contributed by atoms with E-state index < -0.39 is 0 Å². The highest BCUT2D eigenvalue weighted by Crippen LogP contribution is 2.26. The molecule has 92 valence electrons. The standard InChI is InChI=1S/C12H16N2O2S/c13-10-7-16-6-9(10)12(15)14-3-1-11-8(5-14)2-4-17-11/h2,4,9-10H,1,3,5-7,13H2. The first kappa shape index (κ1) is 11.2. The summed E-state index contributed by atoms with van der Waals surface area (Å²) in [5, 5.41) is 2.10. The molecule has 3 rings (SSSR count). The summed E-state index contributed by atoms with van der Waals surface area (Å²) in [7, 11) is 0. The van der Waals surface area contributed by atoms with Gasteiger partial charge in [0.25, 0.3) is 0 Å². The minimum atomic E-state index is -0.143. The van der Waals surface area contributed by atoms with Crippen LogP contribution < -0.4 is 5.73 Å². The van der Waals surface area contributed by atoms with E-state index in [0.29, 0.717) is 13.2 Å². The average Bonchev–Trinajstić information content (AvgIpc) is 2.95. The largest absolute Gasteiger partial charge is 0.379 e. The van der Waals surface area contributed by atoms with Crippen molar-refractivity contribution in [2.75, 3.05) is 19.8 Å². The maximum absolute atomic E-state index is 12.3. The van der Waals surface area contributed by atoms with Gasteiger partial charge in [-0.3, -0.25) is 4.79 Å². The number of rotatable bonds is 1. The molecule has 0 bridgehead atoms. The van der Waals surface area contributed by atoms with Crippen molar-refractivity contribution in [3.05, 3.63) is 21.9 Å². The highest BCUT2D eigenvalue weighted by atomic mass is 32.1. The predicted molar refractivity (Wildman–Crippen MR) is 65.7 cm³/mol. The summed E-state index contributed by atoms with van der Waals surface area (Å²) in [5.41, 5.74) is 7.18. The number of thiophene rings is 1. The minimum Gasteiger partial charge on any atom is -0.379 e. The van der Waals surface area contributed by atoms with Crippen LogP contribution >= 0.6 is 11.3 Å². The molecule has 0 aliphatic carbocycles. The van der Waals surface area contributed by atoms with Crippen LogP contribution in [-0.2, 0) is 22.5 Å². The molecule has 0 spiro atoms. The fourth-order valence-electron chi connectivity index (χ4n) is 2.50. The number of carbonyl (C=O) groups is 1. The van der Waals surface area contributed by atoms with E-state index in [0.717, 1.165) is 19.5 Å². The molecular weight excluding hydrogens is 236 g/mol. The third-order valence-electron chi connectivity index (χ3n) is 3.56. The van der Waals surface area contributed by atoms with Crippen molar-refractivity contribution in [2.45, 2.75) is 19.0 Å². The third kappa shape index (κ3) is 1.99. The van der Waals surface area contributed by atoms with Gasteiger partial charge in [-0.1, -0.05) is 0 Å². The molecule has 2 aliphatic rings. The molecule has 2 N–H and O–H groups in total. The molecule has 17 heavy (non-hydrogen) atoms. The van der Waals surface area contributed by atoms with Gasteiger partial charge >= 0.3 is 0 Å². The molecule has 0 saturated carbocycles. The Morgan fingerprint density at radius 2 is 2.41 bits per heavy atom. The number of nitrogens with zero attached hydrogens (tertiary/aromatic N) is 1. The Labute approximate surface area is 104 Å². The summed E-state index contributed by atoms with van der Waals surface area (Å²) in [6.07, 6.45) is 0.974. The quantitative estimate of drug-likeness (QED) is 0.796. The minimum absolute atomic E-state index is 0.133. The number of ether oxygens (including phenoxy) is 1. The van der Waals surface area contributed by atoms with Crippen molar-refractivity contribution < 1.29 is 9.53 Å². The highest BCUT2D eigenvalue weighted by molar-refractivity contribution is 7.10. The molecule has 2 unspecified atom stereocenters. The third-order valence-corrected chi connectivity index (χ3v) is 4.58. The zero-order valence-corrected chi connectivity index (χ0v) is 10.4. The van der Waals surface area contributed by atoms with Crippen LogP contribution in [0.15, 0.2) is 11.4 Å². The average molecular weight is 252 g/mol. The van der Waals surface area contributed by atoms with Crippen LogP contribution in [0.5, 0.6) is 0 Å². The SMILES string of the molecule is NC1COCC1C(=O)N1CCc2sccc2C1. The number of amides is 1. The van der Waals surface area contributed by atoms with Crippen molar-refractivity contribution in [3.8, 4) is 0 Å². The monoisotopic (exact) mass is 252 g/mol. The van der Waals surface area contributed by atoms with E-state index in [-0.39, 0.29) is 17.9 Å². The van der Waals surface area contributed by atoms with Crippen LogP contribution in [0.4, 0.5) is 0 Å². The van der Waals surface area contributed by atoms with E-state index in [9.17, 15) is 4.79 Å². The number of carbonyl (C=O) groups excluding carboxylic acids is 1. The molecule has 2 atom stereocenters. The lowest BCUT2D eigenvalue weighted by molar-refractivity contribution is -0.136. The summed E-state index contributed by atoms with van der Waals surface area (Å²) >= 11 is 1.78. The van der Waals surface area contributed by atoms with Gasteiger partial charge < -0.3 is 15.4 Å². The first-order chi connectivity index (χ1) is 8.25. The van der Waals surface area contributed by atoms with Crippen LogP contribution in [-0.4, -0.2) is 36.6 Å². The summed E-state index contributed by atoms with van der Waals surface area (Å²) < 4.78 is 5.27. The fourth-order valence-corrected chi connectivity index (χ4v) is 3.39. The fraction of sp³-hybridized carbons (Fsp3) is 0.583. The van der Waals surface area contributed by atoms with Crippen molar-refractivity contribution in [1.82, 2.24) is 4.90 Å². The van der Waals surface area contributed by atoms with Gasteiger partial charge in [0.05, 0.1) is 19.1 Å². The lowest BCUT2D eigenvalue weighted by Crippen LogP contribution is -2.45. The Morgan fingerprint density at radius 3 is 3.18 bits per heavy atom. The molecule has 2 aliphatic heterocycles. The summed E-state index contributed by atoms with van der Waals surface area (Å²) in [4.78, 5) is 15.7. The van der Waals surface area contributed by atoms with Gasteiger partial charge in [-0.25, -0.2) is 0 Å². The number of hydrogen-bond donors (Lipinski definition) is 1. The Balaban J connectivity index is 1.72. The molecule has 1 aromatic heterocycles. The van der Waals surface area contributed by atoms with Gasteiger partial charge in [-0.15, -0.1) is 11.3 Å². The molecule has 1 amide bonds. The van der Waals surface area contributed by atoms with Crippen LogP contribution in [0.3, 0.4) is 0 Å². The van der Waals surface area contributed by atoms with Crippen molar-refractivity contribution in [3.63, 3.8) is 0 Å². The van der Waals surface area contributed by atoms with E-state index in [2.05, 4.69) is 11.4 Å². The molecular formula is C12H16N2O2S. The van der Waals surface area contributed by atoms with Crippen molar-refractivity contribution in [2.24, 2.45) is 11.7 Å². The second-order valence-electron chi connectivity index (χ2n) is 4.69. The maximum Gasteiger partial charge on any atom is 0.229 e. The molecule has 1 fully saturated rings. The van der Waals surface area contributed by atoms with Crippen molar-refractivity contribution >= 4 is 17.2 Å². The predicted octanol–water partition coefficient (Wildman–Crippen LogP) is 0.607. The van der Waals surface area contributed by atoms with Crippen LogP contribution in [0.2, 0.25) is 0 Å². The van der Waals surface area contributed by atoms with Gasteiger partial charge in [0.1, 0.15) is 0 Å². The Hall–Kier alpha value is -0.910.